The van der Waals surface area contributed by atoms with Gasteiger partial charge in [0.2, 0.25) is 0 Å². The molecule has 0 amide bonds. The summed E-state index contributed by atoms with van der Waals surface area (Å²) in [6.45, 7) is 0.123. The minimum Gasteiger partial charge on any atom is -0.467 e. The van der Waals surface area contributed by atoms with Crippen LogP contribution in [-0.2, 0) is 19.0 Å². The predicted molar refractivity (Wildman–Crippen MR) is 59.6 cm³/mol. The van der Waals surface area contributed by atoms with Gasteiger partial charge in [-0.3, -0.25) is 0 Å². The second kappa shape index (κ2) is 7.40. The van der Waals surface area contributed by atoms with Gasteiger partial charge in [0.15, 0.2) is 0 Å². The van der Waals surface area contributed by atoms with Crippen molar-refractivity contribution in [2.75, 3.05) is 26.9 Å². The molecule has 0 heterocycles. The lowest BCUT2D eigenvalue weighted by molar-refractivity contribution is -0.146. The topological polar surface area (TPSA) is 61.8 Å². The number of carbonyl (C=O) groups excluding carboxylic acids is 2. The van der Waals surface area contributed by atoms with Crippen LogP contribution in [0.25, 0.3) is 0 Å². The van der Waals surface area contributed by atoms with E-state index in [1.54, 1.807) is 24.3 Å². The molecule has 5 heteroatoms. The number of benzene rings is 1. The standard InChI is InChI=1S/C12H14O5/c1-15-11(13)9-16-7-8-17-12(14)10-5-3-2-4-6-10/h2-6H,7-9H2,1H3. The maximum Gasteiger partial charge on any atom is 0.338 e. The lowest BCUT2D eigenvalue weighted by Gasteiger charge is -2.05. The predicted octanol–water partition coefficient (Wildman–Crippen LogP) is 1.03. The minimum atomic E-state index is -0.459. The number of methoxy groups -OCH3 is 1. The van der Waals surface area contributed by atoms with E-state index in [9.17, 15) is 9.59 Å². The van der Waals surface area contributed by atoms with Gasteiger partial charge < -0.3 is 14.2 Å². The Morgan fingerprint density at radius 3 is 2.47 bits per heavy atom. The Labute approximate surface area is 99.3 Å². The zero-order chi connectivity index (χ0) is 12.5. The fourth-order valence-corrected chi connectivity index (χ4v) is 1.07. The van der Waals surface area contributed by atoms with Crippen molar-refractivity contribution in [3.63, 3.8) is 0 Å². The molecule has 0 bridgehead atoms. The van der Waals surface area contributed by atoms with Crippen LogP contribution in [0.15, 0.2) is 30.3 Å². The Kier molecular flexibility index (Phi) is 5.74. The van der Waals surface area contributed by atoms with Crippen molar-refractivity contribution in [3.05, 3.63) is 35.9 Å². The molecular weight excluding hydrogens is 224 g/mol. The molecule has 0 N–H and O–H groups in total. The molecule has 0 saturated heterocycles. The smallest absolute Gasteiger partial charge is 0.338 e. The van der Waals surface area contributed by atoms with Crippen molar-refractivity contribution in [2.24, 2.45) is 0 Å². The van der Waals surface area contributed by atoms with Crippen LogP contribution in [0, 0.1) is 0 Å². The first-order valence-corrected chi connectivity index (χ1v) is 5.11. The Balaban J connectivity index is 2.15. The molecule has 0 aromatic heterocycles. The molecule has 17 heavy (non-hydrogen) atoms. The normalized spacial score (nSPS) is 9.71. The van der Waals surface area contributed by atoms with Gasteiger partial charge >= 0.3 is 11.9 Å². The maximum atomic E-state index is 11.4. The molecule has 0 fully saturated rings. The fraction of sp³-hybridized carbons (Fsp3) is 0.333. The van der Waals surface area contributed by atoms with Gasteiger partial charge in [-0.2, -0.15) is 0 Å². The maximum absolute atomic E-state index is 11.4. The van der Waals surface area contributed by atoms with E-state index in [0.717, 1.165) is 0 Å². The third-order valence-electron chi connectivity index (χ3n) is 1.92. The number of hydrogen-bond acceptors (Lipinski definition) is 5. The summed E-state index contributed by atoms with van der Waals surface area (Å²) < 4.78 is 14.2. The lowest BCUT2D eigenvalue weighted by Crippen LogP contribution is -2.15. The largest absolute Gasteiger partial charge is 0.467 e. The van der Waals surface area contributed by atoms with Crippen LogP contribution in [0.1, 0.15) is 10.4 Å². The summed E-state index contributed by atoms with van der Waals surface area (Å²) in [6, 6.07) is 8.65. The van der Waals surface area contributed by atoms with Gasteiger partial charge in [-0.1, -0.05) is 18.2 Å². The Hall–Kier alpha value is -1.88. The van der Waals surface area contributed by atoms with Gasteiger partial charge in [-0.15, -0.1) is 0 Å². The minimum absolute atomic E-state index is 0.102. The molecule has 1 aromatic carbocycles. The Bertz CT molecular complexity index is 360. The van der Waals surface area contributed by atoms with Crippen molar-refractivity contribution < 1.29 is 23.8 Å². The van der Waals surface area contributed by atoms with Crippen molar-refractivity contribution in [1.82, 2.24) is 0 Å². The molecule has 92 valence electrons. The Morgan fingerprint density at radius 2 is 1.82 bits per heavy atom. The second-order valence-electron chi connectivity index (χ2n) is 3.13. The summed E-state index contributed by atoms with van der Waals surface area (Å²) in [5.41, 5.74) is 0.487. The van der Waals surface area contributed by atoms with Crippen molar-refractivity contribution in [1.29, 1.82) is 0 Å². The van der Waals surface area contributed by atoms with Crippen LogP contribution in [0.3, 0.4) is 0 Å². The van der Waals surface area contributed by atoms with Crippen molar-refractivity contribution in [3.8, 4) is 0 Å². The summed E-state index contributed by atoms with van der Waals surface area (Å²) in [5.74, 6) is -0.869. The second-order valence-corrected chi connectivity index (χ2v) is 3.13. The molecule has 0 radical (unpaired) electrons. The van der Waals surface area contributed by atoms with E-state index in [0.29, 0.717) is 5.56 Å². The highest BCUT2D eigenvalue weighted by Gasteiger charge is 2.05. The van der Waals surface area contributed by atoms with Crippen LogP contribution in [0.5, 0.6) is 0 Å². The molecule has 0 aliphatic heterocycles. The molecule has 0 atom stereocenters. The van der Waals surface area contributed by atoms with Crippen molar-refractivity contribution >= 4 is 11.9 Å². The number of ether oxygens (including phenoxy) is 3. The van der Waals surface area contributed by atoms with E-state index in [4.69, 9.17) is 9.47 Å². The first kappa shape index (κ1) is 13.2. The first-order chi connectivity index (χ1) is 8.24. The van der Waals surface area contributed by atoms with Crippen LogP contribution >= 0.6 is 0 Å². The molecule has 0 saturated carbocycles. The van der Waals surface area contributed by atoms with Gasteiger partial charge in [-0.05, 0) is 12.1 Å². The summed E-state index contributed by atoms with van der Waals surface area (Å²) >= 11 is 0. The molecule has 0 aliphatic carbocycles. The monoisotopic (exact) mass is 238 g/mol. The quantitative estimate of drug-likeness (QED) is 0.547. The number of hydrogen-bond donors (Lipinski definition) is 0. The third kappa shape index (κ3) is 5.12. The highest BCUT2D eigenvalue weighted by molar-refractivity contribution is 5.89. The van der Waals surface area contributed by atoms with Gasteiger partial charge in [0.25, 0.3) is 0 Å². The first-order valence-electron chi connectivity index (χ1n) is 5.11. The summed E-state index contributed by atoms with van der Waals surface area (Å²) in [6.07, 6.45) is 0. The molecular formula is C12H14O5. The van der Waals surface area contributed by atoms with Crippen molar-refractivity contribution in [2.45, 2.75) is 0 Å². The van der Waals surface area contributed by atoms with Crippen LogP contribution in [-0.4, -0.2) is 38.9 Å². The number of carbonyl (C=O) groups is 2. The van der Waals surface area contributed by atoms with E-state index >= 15 is 0 Å². The SMILES string of the molecule is COC(=O)COCCOC(=O)c1ccccc1. The highest BCUT2D eigenvalue weighted by Crippen LogP contribution is 2.00. The molecule has 0 unspecified atom stereocenters. The molecule has 0 aliphatic rings. The van der Waals surface area contributed by atoms with Crippen LogP contribution in [0.2, 0.25) is 0 Å². The van der Waals surface area contributed by atoms with E-state index < -0.39 is 11.9 Å². The zero-order valence-corrected chi connectivity index (χ0v) is 9.55. The fourth-order valence-electron chi connectivity index (χ4n) is 1.07. The van der Waals surface area contributed by atoms with E-state index in [1.807, 2.05) is 6.07 Å². The summed E-state index contributed by atoms with van der Waals surface area (Å²) in [7, 11) is 1.28. The molecule has 5 nitrogen and oxygen atoms in total. The van der Waals surface area contributed by atoms with Crippen LogP contribution in [0.4, 0.5) is 0 Å². The van der Waals surface area contributed by atoms with E-state index in [1.165, 1.54) is 7.11 Å². The summed E-state index contributed by atoms with van der Waals surface area (Å²) in [5, 5.41) is 0. The van der Waals surface area contributed by atoms with Crippen LogP contribution < -0.4 is 0 Å². The molecule has 1 rings (SSSR count). The van der Waals surface area contributed by atoms with E-state index in [2.05, 4.69) is 4.74 Å². The number of rotatable bonds is 6. The third-order valence-corrected chi connectivity index (χ3v) is 1.92. The average molecular weight is 238 g/mol. The van der Waals surface area contributed by atoms with E-state index in [-0.39, 0.29) is 19.8 Å². The average Bonchev–Trinajstić information content (AvgIpc) is 2.38. The van der Waals surface area contributed by atoms with Gasteiger partial charge in [-0.25, -0.2) is 9.59 Å². The summed E-state index contributed by atoms with van der Waals surface area (Å²) in [4.78, 5) is 22.1. The van der Waals surface area contributed by atoms with Gasteiger partial charge in [0, 0.05) is 0 Å². The molecule has 1 aromatic rings. The lowest BCUT2D eigenvalue weighted by atomic mass is 10.2. The Morgan fingerprint density at radius 1 is 1.12 bits per heavy atom. The number of esters is 2. The zero-order valence-electron chi connectivity index (χ0n) is 9.55. The highest BCUT2D eigenvalue weighted by atomic mass is 16.6. The van der Waals surface area contributed by atoms with Gasteiger partial charge in [0.1, 0.15) is 13.2 Å². The van der Waals surface area contributed by atoms with Gasteiger partial charge in [0.05, 0.1) is 19.3 Å². The molecule has 0 spiro atoms.